The van der Waals surface area contributed by atoms with Crippen molar-refractivity contribution in [2.45, 2.75) is 24.8 Å². The molecule has 0 radical (unpaired) electrons. The fraction of sp³-hybridized carbons (Fsp3) is 0.500. The highest BCUT2D eigenvalue weighted by atomic mass is 16.5. The molecular weight excluding hydrogens is 252 g/mol. The van der Waals surface area contributed by atoms with Crippen LogP contribution in [0.5, 0.6) is 0 Å². The van der Waals surface area contributed by atoms with Gasteiger partial charge >= 0.3 is 0 Å². The lowest BCUT2D eigenvalue weighted by atomic mass is 10.1. The van der Waals surface area contributed by atoms with Crippen LogP contribution in [0.1, 0.15) is 12.6 Å². The van der Waals surface area contributed by atoms with Gasteiger partial charge in [0.15, 0.2) is 11.2 Å². The van der Waals surface area contributed by atoms with E-state index in [2.05, 4.69) is 15.0 Å². The zero-order valence-electron chi connectivity index (χ0n) is 9.98. The van der Waals surface area contributed by atoms with Crippen LogP contribution < -0.4 is 17.0 Å². The number of aromatic amines is 1. The van der Waals surface area contributed by atoms with Crippen molar-refractivity contribution >= 4 is 17.1 Å². The Morgan fingerprint density at radius 2 is 2.42 bits per heavy atom. The van der Waals surface area contributed by atoms with Crippen molar-refractivity contribution in [3.63, 3.8) is 0 Å². The van der Waals surface area contributed by atoms with Gasteiger partial charge in [-0.2, -0.15) is 4.98 Å². The van der Waals surface area contributed by atoms with Gasteiger partial charge < -0.3 is 21.3 Å². The SMILES string of the molecule is Nc1nc2c(ncn2[C@H]2CC(N)[C@@H](CO)O2)c(=O)[nH]1. The summed E-state index contributed by atoms with van der Waals surface area (Å²) in [7, 11) is 0. The lowest BCUT2D eigenvalue weighted by Gasteiger charge is -2.13. The van der Waals surface area contributed by atoms with Crippen molar-refractivity contribution in [1.29, 1.82) is 0 Å². The normalized spacial score (nSPS) is 27.2. The molecule has 2 aromatic rings. The fourth-order valence-electron chi connectivity index (χ4n) is 2.25. The minimum absolute atomic E-state index is 0.0141. The zero-order valence-corrected chi connectivity index (χ0v) is 9.98. The highest BCUT2D eigenvalue weighted by molar-refractivity contribution is 5.70. The monoisotopic (exact) mass is 266 g/mol. The Morgan fingerprint density at radius 1 is 1.63 bits per heavy atom. The minimum atomic E-state index is -0.429. The van der Waals surface area contributed by atoms with Crippen LogP contribution >= 0.6 is 0 Å². The number of nitrogens with two attached hydrogens (primary N) is 2. The summed E-state index contributed by atoms with van der Waals surface area (Å²) in [6, 6.07) is -0.271. The van der Waals surface area contributed by atoms with Crippen LogP contribution in [-0.4, -0.2) is 43.4 Å². The zero-order chi connectivity index (χ0) is 13.6. The van der Waals surface area contributed by atoms with E-state index >= 15 is 0 Å². The molecule has 102 valence electrons. The van der Waals surface area contributed by atoms with E-state index in [0.717, 1.165) is 0 Å². The molecule has 3 rings (SSSR count). The number of nitrogen functional groups attached to an aromatic ring is 1. The lowest BCUT2D eigenvalue weighted by Crippen LogP contribution is -2.32. The third-order valence-electron chi connectivity index (χ3n) is 3.22. The fourth-order valence-corrected chi connectivity index (χ4v) is 2.25. The maximum atomic E-state index is 11.7. The highest BCUT2D eigenvalue weighted by Crippen LogP contribution is 2.29. The Balaban J connectivity index is 2.05. The van der Waals surface area contributed by atoms with Crippen molar-refractivity contribution < 1.29 is 9.84 Å². The van der Waals surface area contributed by atoms with Gasteiger partial charge in [0, 0.05) is 12.5 Å². The van der Waals surface area contributed by atoms with Gasteiger partial charge in [-0.3, -0.25) is 14.3 Å². The van der Waals surface area contributed by atoms with E-state index in [4.69, 9.17) is 21.3 Å². The first-order valence-electron chi connectivity index (χ1n) is 5.84. The number of H-pyrrole nitrogens is 1. The van der Waals surface area contributed by atoms with Crippen LogP contribution in [-0.2, 0) is 4.74 Å². The average Bonchev–Trinajstić information content (AvgIpc) is 2.92. The molecule has 1 unspecified atom stereocenters. The number of rotatable bonds is 2. The first kappa shape index (κ1) is 12.1. The summed E-state index contributed by atoms with van der Waals surface area (Å²) in [4.78, 5) is 22.1. The summed E-state index contributed by atoms with van der Waals surface area (Å²) >= 11 is 0. The topological polar surface area (TPSA) is 145 Å². The molecule has 0 bridgehead atoms. The average molecular weight is 266 g/mol. The van der Waals surface area contributed by atoms with Crippen molar-refractivity contribution in [3.05, 3.63) is 16.7 Å². The molecule has 0 aliphatic carbocycles. The molecule has 9 heteroatoms. The standard InChI is InChI=1S/C10H14N6O3/c11-4-1-6(19-5(4)2-17)16-3-13-7-8(16)14-10(12)15-9(7)18/h3-6,17H,1-2,11H2,(H3,12,14,15,18)/t4?,5-,6-/m1/s1. The molecule has 0 aromatic carbocycles. The predicted molar refractivity (Wildman–Crippen MR) is 66.1 cm³/mol. The van der Waals surface area contributed by atoms with E-state index in [1.54, 1.807) is 4.57 Å². The van der Waals surface area contributed by atoms with Crippen LogP contribution in [0.2, 0.25) is 0 Å². The Morgan fingerprint density at radius 3 is 3.11 bits per heavy atom. The summed E-state index contributed by atoms with van der Waals surface area (Å²) in [5.41, 5.74) is 11.5. The van der Waals surface area contributed by atoms with Crippen LogP contribution in [0.15, 0.2) is 11.1 Å². The Hall–Kier alpha value is -1.97. The molecule has 0 amide bonds. The number of nitrogens with zero attached hydrogens (tertiary/aromatic N) is 3. The quantitative estimate of drug-likeness (QED) is 0.507. The number of ether oxygens (including phenoxy) is 1. The molecule has 19 heavy (non-hydrogen) atoms. The number of nitrogens with one attached hydrogen (secondary N) is 1. The van der Waals surface area contributed by atoms with Crippen molar-refractivity contribution in [3.8, 4) is 0 Å². The molecule has 2 aromatic heterocycles. The number of hydrogen-bond donors (Lipinski definition) is 4. The molecule has 3 atom stereocenters. The van der Waals surface area contributed by atoms with Gasteiger partial charge in [0.05, 0.1) is 19.0 Å². The molecule has 1 aliphatic rings. The Kier molecular flexibility index (Phi) is 2.73. The third kappa shape index (κ3) is 1.87. The smallest absolute Gasteiger partial charge is 0.280 e. The molecular formula is C10H14N6O3. The second-order valence-corrected chi connectivity index (χ2v) is 4.49. The second-order valence-electron chi connectivity index (χ2n) is 4.49. The number of anilines is 1. The number of imidazole rings is 1. The lowest BCUT2D eigenvalue weighted by molar-refractivity contribution is -0.0233. The molecule has 9 nitrogen and oxygen atoms in total. The molecule has 1 aliphatic heterocycles. The molecule has 3 heterocycles. The van der Waals surface area contributed by atoms with Gasteiger partial charge in [-0.1, -0.05) is 0 Å². The molecule has 1 fully saturated rings. The summed E-state index contributed by atoms with van der Waals surface area (Å²) in [6.45, 7) is -0.152. The van der Waals surface area contributed by atoms with Crippen LogP contribution in [0.25, 0.3) is 11.2 Å². The highest BCUT2D eigenvalue weighted by Gasteiger charge is 2.34. The number of aliphatic hydroxyl groups excluding tert-OH is 1. The van der Waals surface area contributed by atoms with E-state index in [9.17, 15) is 4.79 Å². The predicted octanol–water partition coefficient (Wildman–Crippen LogP) is -1.69. The number of hydrogen-bond acceptors (Lipinski definition) is 7. The molecule has 1 saturated heterocycles. The van der Waals surface area contributed by atoms with Crippen molar-refractivity contribution in [2.24, 2.45) is 5.73 Å². The van der Waals surface area contributed by atoms with Gasteiger partial charge in [0.25, 0.3) is 5.56 Å². The largest absolute Gasteiger partial charge is 0.394 e. The molecule has 0 spiro atoms. The van der Waals surface area contributed by atoms with Gasteiger partial charge in [-0.05, 0) is 0 Å². The first-order valence-corrected chi connectivity index (χ1v) is 5.84. The Labute approximate surface area is 107 Å². The van der Waals surface area contributed by atoms with Crippen molar-refractivity contribution in [1.82, 2.24) is 19.5 Å². The van der Waals surface area contributed by atoms with Crippen LogP contribution in [0.4, 0.5) is 5.95 Å². The van der Waals surface area contributed by atoms with E-state index in [1.807, 2.05) is 0 Å². The number of aromatic nitrogens is 4. The maximum absolute atomic E-state index is 11.7. The van der Waals surface area contributed by atoms with Crippen molar-refractivity contribution in [2.75, 3.05) is 12.3 Å². The van der Waals surface area contributed by atoms with Crippen LogP contribution in [0.3, 0.4) is 0 Å². The van der Waals surface area contributed by atoms with Gasteiger partial charge in [-0.25, -0.2) is 4.98 Å². The molecule has 0 saturated carbocycles. The number of aliphatic hydroxyl groups is 1. The summed E-state index contributed by atoms with van der Waals surface area (Å²) in [6.07, 6.45) is 1.13. The maximum Gasteiger partial charge on any atom is 0.280 e. The summed E-state index contributed by atoms with van der Waals surface area (Å²) < 4.78 is 7.22. The molecule has 6 N–H and O–H groups in total. The van der Waals surface area contributed by atoms with E-state index in [-0.39, 0.29) is 24.1 Å². The summed E-state index contributed by atoms with van der Waals surface area (Å²) in [5, 5.41) is 9.13. The second kappa shape index (κ2) is 4.30. The Bertz CT molecular complexity index is 665. The third-order valence-corrected chi connectivity index (χ3v) is 3.22. The van der Waals surface area contributed by atoms with Gasteiger partial charge in [0.2, 0.25) is 5.95 Å². The van der Waals surface area contributed by atoms with Gasteiger partial charge in [0.1, 0.15) is 6.23 Å². The first-order chi connectivity index (χ1) is 9.10. The van der Waals surface area contributed by atoms with E-state index < -0.39 is 17.9 Å². The van der Waals surface area contributed by atoms with E-state index in [0.29, 0.717) is 12.1 Å². The van der Waals surface area contributed by atoms with Crippen LogP contribution in [0, 0.1) is 0 Å². The minimum Gasteiger partial charge on any atom is -0.394 e. The number of fused-ring (bicyclic) bond motifs is 1. The summed E-state index contributed by atoms with van der Waals surface area (Å²) in [5.74, 6) is 0.0141. The van der Waals surface area contributed by atoms with E-state index in [1.165, 1.54) is 6.33 Å². The van der Waals surface area contributed by atoms with Gasteiger partial charge in [-0.15, -0.1) is 0 Å².